The zero-order chi connectivity index (χ0) is 24.2. The third-order valence-electron chi connectivity index (χ3n) is 6.84. The van der Waals surface area contributed by atoms with Gasteiger partial charge in [0.15, 0.2) is 0 Å². The second-order valence-electron chi connectivity index (χ2n) is 9.05. The molecule has 2 aromatic heterocycles. The molecule has 1 fully saturated rings. The van der Waals surface area contributed by atoms with Crippen LogP contribution < -0.4 is 21.1 Å². The van der Waals surface area contributed by atoms with Crippen LogP contribution in [0.25, 0.3) is 10.8 Å². The number of hydrogen-bond acceptors (Lipinski definition) is 5. The number of amides is 1. The molecule has 3 N–H and O–H groups in total. The Balaban J connectivity index is 1.64. The molecule has 180 valence electrons. The van der Waals surface area contributed by atoms with Crippen molar-refractivity contribution in [3.05, 3.63) is 62.1 Å². The van der Waals surface area contributed by atoms with Crippen LogP contribution in [0.2, 0.25) is 0 Å². The molecule has 34 heavy (non-hydrogen) atoms. The molecule has 0 bridgehead atoms. The van der Waals surface area contributed by atoms with Gasteiger partial charge in [0, 0.05) is 63.6 Å². The molecule has 1 saturated carbocycles. The van der Waals surface area contributed by atoms with Crippen molar-refractivity contribution in [3.63, 3.8) is 0 Å². The fraction of sp³-hybridized carbons (Fsp3) is 0.423. The second kappa shape index (κ2) is 10.6. The van der Waals surface area contributed by atoms with Gasteiger partial charge in [0.25, 0.3) is 5.56 Å². The van der Waals surface area contributed by atoms with Crippen molar-refractivity contribution in [2.75, 3.05) is 16.8 Å². The van der Waals surface area contributed by atoms with E-state index in [0.717, 1.165) is 76.5 Å². The van der Waals surface area contributed by atoms with E-state index in [4.69, 9.17) is 0 Å². The molecule has 1 amide bonds. The third kappa shape index (κ3) is 5.12. The van der Waals surface area contributed by atoms with Gasteiger partial charge in [0.2, 0.25) is 6.41 Å². The van der Waals surface area contributed by atoms with Crippen molar-refractivity contribution in [2.24, 2.45) is 0 Å². The van der Waals surface area contributed by atoms with Crippen molar-refractivity contribution in [3.8, 4) is 0 Å². The van der Waals surface area contributed by atoms with Crippen LogP contribution >= 0.6 is 15.9 Å². The normalized spacial score (nSPS) is 18.0. The van der Waals surface area contributed by atoms with E-state index in [9.17, 15) is 9.59 Å². The number of rotatable bonds is 8. The molecule has 4 rings (SSSR count). The molecular weight excluding hydrogens is 494 g/mol. The summed E-state index contributed by atoms with van der Waals surface area (Å²) in [6, 6.07) is 9.02. The topological polar surface area (TPSA) is 90.1 Å². The van der Waals surface area contributed by atoms with Gasteiger partial charge < -0.3 is 20.5 Å². The van der Waals surface area contributed by atoms with E-state index >= 15 is 0 Å². The summed E-state index contributed by atoms with van der Waals surface area (Å²) in [7, 11) is 0. The first-order valence-corrected chi connectivity index (χ1v) is 12.7. The van der Waals surface area contributed by atoms with Crippen LogP contribution in [0.1, 0.15) is 49.4 Å². The van der Waals surface area contributed by atoms with E-state index in [-0.39, 0.29) is 11.6 Å². The highest BCUT2D eigenvalue weighted by atomic mass is 79.9. The number of aromatic amines is 1. The minimum Gasteiger partial charge on any atom is -0.368 e. The number of pyridine rings is 2. The fourth-order valence-corrected chi connectivity index (χ4v) is 5.60. The molecule has 1 aromatic carbocycles. The number of nitrogens with zero attached hydrogens (tertiary/aromatic N) is 2. The summed E-state index contributed by atoms with van der Waals surface area (Å²) < 4.78 is 0.991. The van der Waals surface area contributed by atoms with Crippen molar-refractivity contribution in [1.82, 2.24) is 15.3 Å². The lowest BCUT2D eigenvalue weighted by atomic mass is 9.89. The van der Waals surface area contributed by atoms with Gasteiger partial charge in [0.05, 0.1) is 0 Å². The molecule has 1 aliphatic carbocycles. The highest BCUT2D eigenvalue weighted by Crippen LogP contribution is 2.37. The van der Waals surface area contributed by atoms with E-state index in [1.165, 1.54) is 5.69 Å². The number of nitrogens with one attached hydrogen (secondary N) is 3. The summed E-state index contributed by atoms with van der Waals surface area (Å²) in [4.78, 5) is 33.3. The Hall–Kier alpha value is -2.87. The molecule has 0 aliphatic heterocycles. The Bertz CT molecular complexity index is 1230. The highest BCUT2D eigenvalue weighted by molar-refractivity contribution is 9.10. The van der Waals surface area contributed by atoms with E-state index < -0.39 is 0 Å². The molecule has 1 aliphatic rings. The van der Waals surface area contributed by atoms with Gasteiger partial charge in [-0.15, -0.1) is 0 Å². The second-order valence-corrected chi connectivity index (χ2v) is 9.97. The van der Waals surface area contributed by atoms with Crippen LogP contribution in [0.15, 0.2) is 39.7 Å². The van der Waals surface area contributed by atoms with Crippen LogP contribution in [-0.2, 0) is 11.3 Å². The number of aryl methyl sites for hydroxylation is 2. The summed E-state index contributed by atoms with van der Waals surface area (Å²) in [5.74, 6) is 0.759. The molecule has 2 heterocycles. The van der Waals surface area contributed by atoms with Crippen LogP contribution in [0.3, 0.4) is 0 Å². The van der Waals surface area contributed by atoms with Crippen LogP contribution in [-0.4, -0.2) is 35.0 Å². The van der Waals surface area contributed by atoms with E-state index in [0.29, 0.717) is 12.6 Å². The predicted molar refractivity (Wildman–Crippen MR) is 142 cm³/mol. The van der Waals surface area contributed by atoms with E-state index in [2.05, 4.69) is 66.6 Å². The molecule has 8 heteroatoms. The first-order valence-electron chi connectivity index (χ1n) is 11.9. The molecule has 0 radical (unpaired) electrons. The average Bonchev–Trinajstić information content (AvgIpc) is 2.80. The lowest BCUT2D eigenvalue weighted by Gasteiger charge is -2.38. The number of benzene rings is 1. The third-order valence-corrected chi connectivity index (χ3v) is 7.30. The van der Waals surface area contributed by atoms with Crippen molar-refractivity contribution < 1.29 is 4.79 Å². The molecular formula is C26H32BrN5O2. The first kappa shape index (κ1) is 24.3. The number of hydrogen-bond donors (Lipinski definition) is 3. The largest absolute Gasteiger partial charge is 0.368 e. The van der Waals surface area contributed by atoms with E-state index in [1.54, 1.807) is 0 Å². The molecule has 7 nitrogen and oxygen atoms in total. The van der Waals surface area contributed by atoms with Gasteiger partial charge in [-0.05, 0) is 76.3 Å². The monoisotopic (exact) mass is 525 g/mol. The zero-order valence-electron chi connectivity index (χ0n) is 20.0. The first-order chi connectivity index (χ1) is 16.4. The van der Waals surface area contributed by atoms with Crippen LogP contribution in [0, 0.1) is 13.8 Å². The van der Waals surface area contributed by atoms with Crippen molar-refractivity contribution in [2.45, 2.75) is 65.1 Å². The van der Waals surface area contributed by atoms with Gasteiger partial charge in [0.1, 0.15) is 5.82 Å². The Labute approximate surface area is 208 Å². The SMILES string of the molecule is CCN(c1cc(Br)cc2c(NCc3c(C)cc(C)[nH]c3=O)nccc12)C1CCC(NC=O)CC1. The van der Waals surface area contributed by atoms with Gasteiger partial charge in [-0.2, -0.15) is 0 Å². The van der Waals surface area contributed by atoms with Gasteiger partial charge in [-0.25, -0.2) is 4.98 Å². The Kier molecular flexibility index (Phi) is 7.56. The van der Waals surface area contributed by atoms with Crippen LogP contribution in [0.4, 0.5) is 11.5 Å². The lowest BCUT2D eigenvalue weighted by Crippen LogP contribution is -2.42. The maximum Gasteiger partial charge on any atom is 0.253 e. The Morgan fingerprint density at radius 2 is 1.94 bits per heavy atom. The molecule has 0 spiro atoms. The van der Waals surface area contributed by atoms with Crippen molar-refractivity contribution >= 4 is 44.6 Å². The predicted octanol–water partition coefficient (Wildman–Crippen LogP) is 4.80. The number of carbonyl (C=O) groups is 1. The number of anilines is 2. The Morgan fingerprint density at radius 1 is 1.18 bits per heavy atom. The Morgan fingerprint density at radius 3 is 2.62 bits per heavy atom. The van der Waals surface area contributed by atoms with Crippen molar-refractivity contribution in [1.29, 1.82) is 0 Å². The summed E-state index contributed by atoms with van der Waals surface area (Å²) in [5, 5.41) is 8.49. The maximum atomic E-state index is 12.5. The minimum absolute atomic E-state index is 0.0658. The zero-order valence-corrected chi connectivity index (χ0v) is 21.5. The molecule has 3 aromatic rings. The fourth-order valence-electron chi connectivity index (χ4n) is 5.16. The average molecular weight is 526 g/mol. The summed E-state index contributed by atoms with van der Waals surface area (Å²) in [6.07, 6.45) is 6.71. The molecule has 0 atom stereocenters. The summed E-state index contributed by atoms with van der Waals surface area (Å²) in [5.41, 5.74) is 3.65. The van der Waals surface area contributed by atoms with Gasteiger partial charge in [-0.3, -0.25) is 9.59 Å². The number of carbonyl (C=O) groups excluding carboxylic acids is 1. The minimum atomic E-state index is -0.0658. The maximum absolute atomic E-state index is 12.5. The van der Waals surface area contributed by atoms with E-state index in [1.807, 2.05) is 26.1 Å². The molecule has 0 unspecified atom stereocenters. The smallest absolute Gasteiger partial charge is 0.253 e. The summed E-state index contributed by atoms with van der Waals surface area (Å²) >= 11 is 3.71. The van der Waals surface area contributed by atoms with Gasteiger partial charge in [-0.1, -0.05) is 15.9 Å². The quantitative estimate of drug-likeness (QED) is 0.367. The highest BCUT2D eigenvalue weighted by Gasteiger charge is 2.26. The lowest BCUT2D eigenvalue weighted by molar-refractivity contribution is -0.110. The van der Waals surface area contributed by atoms with Crippen LogP contribution in [0.5, 0.6) is 0 Å². The standard InChI is InChI=1S/C26H32BrN5O2/c1-4-32(20-7-5-19(6-8-20)30-15-33)24-13-18(27)12-22-21(24)9-10-28-25(22)29-14-23-16(2)11-17(3)31-26(23)34/h9-13,15,19-20H,4-8,14H2,1-3H3,(H,28,29)(H,30,33)(H,31,34). The summed E-state index contributed by atoms with van der Waals surface area (Å²) in [6.45, 7) is 7.34. The van der Waals surface area contributed by atoms with Gasteiger partial charge >= 0.3 is 0 Å². The number of fused-ring (bicyclic) bond motifs is 1. The number of halogens is 1. The number of H-pyrrole nitrogens is 1. The molecule has 0 saturated heterocycles. The number of aromatic nitrogens is 2.